The minimum atomic E-state index is -0.355. The summed E-state index contributed by atoms with van der Waals surface area (Å²) in [6, 6.07) is 8.63. The van der Waals surface area contributed by atoms with Crippen LogP contribution in [0.3, 0.4) is 0 Å². The smallest absolute Gasteiger partial charge is 0.278 e. The number of H-pyrrole nitrogens is 1. The van der Waals surface area contributed by atoms with Crippen molar-refractivity contribution in [2.24, 2.45) is 0 Å². The first-order valence-electron chi connectivity index (χ1n) is 9.09. The monoisotopic (exact) mass is 459 g/mol. The molecule has 0 spiro atoms. The van der Waals surface area contributed by atoms with Crippen molar-refractivity contribution in [1.29, 1.82) is 0 Å². The lowest BCUT2D eigenvalue weighted by Gasteiger charge is -2.13. The van der Waals surface area contributed by atoms with Crippen LogP contribution >= 0.6 is 23.8 Å². The molecule has 2 heterocycles. The molecule has 1 N–H and O–H groups in total. The first kappa shape index (κ1) is 20.9. The summed E-state index contributed by atoms with van der Waals surface area (Å²) in [6.07, 6.45) is 1.59. The Hall–Kier alpha value is -3.37. The van der Waals surface area contributed by atoms with Crippen LogP contribution in [0.4, 0.5) is 0 Å². The number of ether oxygens (including phenoxy) is 3. The van der Waals surface area contributed by atoms with Crippen molar-refractivity contribution in [2.75, 3.05) is 21.3 Å². The van der Waals surface area contributed by atoms with Gasteiger partial charge >= 0.3 is 0 Å². The Balaban J connectivity index is 1.87. The van der Waals surface area contributed by atoms with E-state index in [1.165, 1.54) is 18.9 Å². The van der Waals surface area contributed by atoms with Crippen LogP contribution in [0.25, 0.3) is 16.5 Å². The van der Waals surface area contributed by atoms with Crippen LogP contribution in [0.15, 0.2) is 41.3 Å². The maximum atomic E-state index is 13.3. The zero-order chi connectivity index (χ0) is 22.1. The zero-order valence-corrected chi connectivity index (χ0v) is 18.5. The van der Waals surface area contributed by atoms with Gasteiger partial charge in [-0.25, -0.2) is 4.68 Å². The van der Waals surface area contributed by atoms with E-state index in [2.05, 4.69) is 15.3 Å². The number of aromatic amines is 1. The summed E-state index contributed by atoms with van der Waals surface area (Å²) >= 11 is 11.6. The number of halogens is 1. The third kappa shape index (κ3) is 3.64. The van der Waals surface area contributed by atoms with Gasteiger partial charge in [0.15, 0.2) is 22.1 Å². The molecule has 0 bridgehead atoms. The Morgan fingerprint density at radius 1 is 1.10 bits per heavy atom. The fourth-order valence-electron chi connectivity index (χ4n) is 3.35. The minimum absolute atomic E-state index is 0.0396. The minimum Gasteiger partial charge on any atom is -0.495 e. The summed E-state index contributed by atoms with van der Waals surface area (Å²) in [4.78, 5) is 13.3. The molecule has 4 aromatic rings. The van der Waals surface area contributed by atoms with E-state index in [1.54, 1.807) is 48.2 Å². The zero-order valence-electron chi connectivity index (χ0n) is 16.9. The molecule has 0 amide bonds. The van der Waals surface area contributed by atoms with Crippen LogP contribution < -0.4 is 19.8 Å². The van der Waals surface area contributed by atoms with Gasteiger partial charge in [0.2, 0.25) is 0 Å². The predicted molar refractivity (Wildman–Crippen MR) is 119 cm³/mol. The number of fused-ring (bicyclic) bond motifs is 1. The second-order valence-corrected chi connectivity index (χ2v) is 7.29. The fraction of sp³-hybridized carbons (Fsp3) is 0.200. The standard InChI is InChI=1S/C20H18ClN5O4S/c1-28-14-7-5-12(21)8-13(14)26-16(23-24-20(26)31)10-25-19(27)17-11(9-22-25)4-6-15(29-2)18(17)30-3/h4-9H,10H2,1-3H3,(H,24,31). The maximum absolute atomic E-state index is 13.3. The average molecular weight is 460 g/mol. The maximum Gasteiger partial charge on any atom is 0.278 e. The molecule has 0 aliphatic carbocycles. The molecular formula is C20H18ClN5O4S. The first-order chi connectivity index (χ1) is 15.0. The van der Waals surface area contributed by atoms with E-state index in [9.17, 15) is 4.79 Å². The molecule has 31 heavy (non-hydrogen) atoms. The number of methoxy groups -OCH3 is 3. The van der Waals surface area contributed by atoms with E-state index < -0.39 is 0 Å². The van der Waals surface area contributed by atoms with Gasteiger partial charge in [0, 0.05) is 10.4 Å². The number of nitrogens with zero attached hydrogens (tertiary/aromatic N) is 4. The summed E-state index contributed by atoms with van der Waals surface area (Å²) < 4.78 is 19.5. The highest BCUT2D eigenvalue weighted by Crippen LogP contribution is 2.33. The molecular weight excluding hydrogens is 442 g/mol. The number of aromatic nitrogens is 5. The summed E-state index contributed by atoms with van der Waals surface area (Å²) in [7, 11) is 4.54. The highest BCUT2D eigenvalue weighted by Gasteiger charge is 2.18. The van der Waals surface area contributed by atoms with Crippen molar-refractivity contribution < 1.29 is 14.2 Å². The van der Waals surface area contributed by atoms with E-state index in [1.807, 2.05) is 0 Å². The highest BCUT2D eigenvalue weighted by atomic mass is 35.5. The van der Waals surface area contributed by atoms with Crippen LogP contribution in [0.1, 0.15) is 5.82 Å². The molecule has 4 rings (SSSR count). The number of benzene rings is 2. The first-order valence-corrected chi connectivity index (χ1v) is 9.88. The summed E-state index contributed by atoms with van der Waals surface area (Å²) in [5.74, 6) is 1.79. The van der Waals surface area contributed by atoms with Crippen LogP contribution in [-0.4, -0.2) is 45.9 Å². The predicted octanol–water partition coefficient (Wildman–Crippen LogP) is 3.37. The van der Waals surface area contributed by atoms with Gasteiger partial charge in [-0.3, -0.25) is 14.5 Å². The number of hydrogen-bond donors (Lipinski definition) is 1. The Bertz CT molecular complexity index is 1390. The molecule has 0 radical (unpaired) electrons. The summed E-state index contributed by atoms with van der Waals surface area (Å²) in [6.45, 7) is 0.0396. The third-order valence-electron chi connectivity index (χ3n) is 4.78. The Labute approximate surface area is 186 Å². The van der Waals surface area contributed by atoms with E-state index >= 15 is 0 Å². The molecule has 0 aliphatic heterocycles. The van der Waals surface area contributed by atoms with Crippen molar-refractivity contribution in [1.82, 2.24) is 24.5 Å². The lowest BCUT2D eigenvalue weighted by molar-refractivity contribution is 0.358. The van der Waals surface area contributed by atoms with Gasteiger partial charge in [-0.2, -0.15) is 10.2 Å². The molecule has 0 atom stereocenters. The summed E-state index contributed by atoms with van der Waals surface area (Å²) in [5.41, 5.74) is 0.239. The molecule has 2 aromatic carbocycles. The Morgan fingerprint density at radius 2 is 1.84 bits per heavy atom. The normalized spacial score (nSPS) is 11.0. The van der Waals surface area contributed by atoms with Gasteiger partial charge in [0.05, 0.1) is 38.6 Å². The number of rotatable bonds is 6. The van der Waals surface area contributed by atoms with Crippen LogP contribution in [0, 0.1) is 4.77 Å². The average Bonchev–Trinajstić information content (AvgIpc) is 3.14. The van der Waals surface area contributed by atoms with E-state index in [-0.39, 0.29) is 12.1 Å². The van der Waals surface area contributed by atoms with E-state index in [0.29, 0.717) is 49.3 Å². The van der Waals surface area contributed by atoms with Gasteiger partial charge in [-0.1, -0.05) is 11.6 Å². The third-order valence-corrected chi connectivity index (χ3v) is 5.29. The van der Waals surface area contributed by atoms with Gasteiger partial charge in [-0.05, 0) is 42.5 Å². The molecule has 11 heteroatoms. The van der Waals surface area contributed by atoms with Gasteiger partial charge < -0.3 is 14.2 Å². The largest absolute Gasteiger partial charge is 0.495 e. The second-order valence-electron chi connectivity index (χ2n) is 6.47. The molecule has 2 aromatic heterocycles. The van der Waals surface area contributed by atoms with Crippen LogP contribution in [0.2, 0.25) is 5.02 Å². The van der Waals surface area contributed by atoms with Crippen molar-refractivity contribution in [3.63, 3.8) is 0 Å². The molecule has 0 aliphatic rings. The molecule has 0 unspecified atom stereocenters. The second kappa shape index (κ2) is 8.40. The molecule has 9 nitrogen and oxygen atoms in total. The fourth-order valence-corrected chi connectivity index (χ4v) is 3.77. The topological polar surface area (TPSA) is 96.2 Å². The molecule has 0 fully saturated rings. The lowest BCUT2D eigenvalue weighted by Crippen LogP contribution is -2.25. The Kier molecular flexibility index (Phi) is 5.66. The lowest BCUT2D eigenvalue weighted by atomic mass is 10.1. The van der Waals surface area contributed by atoms with Crippen molar-refractivity contribution in [3.05, 3.63) is 62.5 Å². The van der Waals surface area contributed by atoms with Gasteiger partial charge in [-0.15, -0.1) is 0 Å². The molecule has 0 saturated carbocycles. The SMILES string of the molecule is COc1ccc(Cl)cc1-n1c(Cn2ncc3ccc(OC)c(OC)c3c2=O)n[nH]c1=S. The van der Waals surface area contributed by atoms with Crippen LogP contribution in [0.5, 0.6) is 17.2 Å². The van der Waals surface area contributed by atoms with E-state index in [0.717, 1.165) is 0 Å². The number of nitrogens with one attached hydrogen (secondary N) is 1. The van der Waals surface area contributed by atoms with Crippen LogP contribution in [-0.2, 0) is 6.54 Å². The van der Waals surface area contributed by atoms with Gasteiger partial charge in [0.25, 0.3) is 5.56 Å². The molecule has 0 saturated heterocycles. The van der Waals surface area contributed by atoms with E-state index in [4.69, 9.17) is 38.0 Å². The van der Waals surface area contributed by atoms with Crippen molar-refractivity contribution in [3.8, 4) is 22.9 Å². The van der Waals surface area contributed by atoms with Gasteiger partial charge in [0.1, 0.15) is 12.3 Å². The molecule has 160 valence electrons. The highest BCUT2D eigenvalue weighted by molar-refractivity contribution is 7.71. The van der Waals surface area contributed by atoms with Crippen molar-refractivity contribution >= 4 is 34.6 Å². The summed E-state index contributed by atoms with van der Waals surface area (Å²) in [5, 5.41) is 12.8. The van der Waals surface area contributed by atoms with Crippen molar-refractivity contribution in [2.45, 2.75) is 6.54 Å². The Morgan fingerprint density at radius 3 is 2.55 bits per heavy atom. The number of hydrogen-bond acceptors (Lipinski definition) is 7. The quantitative estimate of drug-likeness (QED) is 0.441.